The first-order valence-corrected chi connectivity index (χ1v) is 8.47. The number of ether oxygens (including phenoxy) is 2. The number of carbonyl (C=O) groups is 1. The fraction of sp³-hybridized carbons (Fsp3) is 0.278. The highest BCUT2D eigenvalue weighted by Crippen LogP contribution is 2.27. The van der Waals surface area contributed by atoms with Crippen molar-refractivity contribution >= 4 is 17.7 Å². The summed E-state index contributed by atoms with van der Waals surface area (Å²) in [5.74, 6) is 2.66. The molecule has 1 N–H and O–H groups in total. The molecule has 0 aliphatic carbocycles. The Labute approximate surface area is 141 Å². The maximum absolute atomic E-state index is 11.9. The third kappa shape index (κ3) is 5.53. The van der Waals surface area contributed by atoms with E-state index in [0.29, 0.717) is 23.8 Å². The van der Waals surface area contributed by atoms with Gasteiger partial charge in [0, 0.05) is 12.3 Å². The Morgan fingerprint density at radius 1 is 1.00 bits per heavy atom. The molecule has 4 nitrogen and oxygen atoms in total. The summed E-state index contributed by atoms with van der Waals surface area (Å²) in [5, 5.41) is 2.92. The Kier molecular flexibility index (Phi) is 6.81. The van der Waals surface area contributed by atoms with Crippen molar-refractivity contribution in [3.63, 3.8) is 0 Å². The molecule has 2 aromatic carbocycles. The van der Waals surface area contributed by atoms with E-state index < -0.39 is 0 Å². The van der Waals surface area contributed by atoms with E-state index in [-0.39, 0.29) is 5.91 Å². The first-order chi connectivity index (χ1) is 11.2. The summed E-state index contributed by atoms with van der Waals surface area (Å²) in [5.41, 5.74) is 2.20. The van der Waals surface area contributed by atoms with E-state index in [0.717, 1.165) is 11.3 Å². The standard InChI is InChI=1S/C18H21NO3S/c1-21-16-9-8-15(10-17(16)22-2)11-19-18(20)13-23-12-14-6-4-3-5-7-14/h3-10H,11-13H2,1-2H3,(H,19,20). The highest BCUT2D eigenvalue weighted by atomic mass is 32.2. The Hall–Kier alpha value is -2.14. The van der Waals surface area contributed by atoms with E-state index >= 15 is 0 Å². The second-order valence-electron chi connectivity index (χ2n) is 4.94. The van der Waals surface area contributed by atoms with Gasteiger partial charge < -0.3 is 14.8 Å². The van der Waals surface area contributed by atoms with E-state index in [2.05, 4.69) is 17.4 Å². The molecule has 122 valence electrons. The van der Waals surface area contributed by atoms with Crippen LogP contribution in [0.4, 0.5) is 0 Å². The molecule has 0 atom stereocenters. The molecule has 0 saturated carbocycles. The quantitative estimate of drug-likeness (QED) is 0.806. The normalized spacial score (nSPS) is 10.2. The molecule has 0 saturated heterocycles. The van der Waals surface area contributed by atoms with Crippen LogP contribution in [-0.4, -0.2) is 25.9 Å². The van der Waals surface area contributed by atoms with Gasteiger partial charge in [0.15, 0.2) is 11.5 Å². The molecule has 0 heterocycles. The SMILES string of the molecule is COc1ccc(CNC(=O)CSCc2ccccc2)cc1OC. The first kappa shape index (κ1) is 17.2. The van der Waals surface area contributed by atoms with E-state index in [9.17, 15) is 4.79 Å². The van der Waals surface area contributed by atoms with Crippen molar-refractivity contribution in [2.45, 2.75) is 12.3 Å². The molecule has 0 aromatic heterocycles. The Balaban J connectivity index is 1.76. The number of thioether (sulfide) groups is 1. The van der Waals surface area contributed by atoms with E-state index in [1.54, 1.807) is 26.0 Å². The van der Waals surface area contributed by atoms with Crippen LogP contribution >= 0.6 is 11.8 Å². The Morgan fingerprint density at radius 3 is 2.43 bits per heavy atom. The topological polar surface area (TPSA) is 47.6 Å². The number of carbonyl (C=O) groups excluding carboxylic acids is 1. The number of amides is 1. The molecule has 0 aliphatic rings. The van der Waals surface area contributed by atoms with Gasteiger partial charge in [-0.15, -0.1) is 11.8 Å². The van der Waals surface area contributed by atoms with Crippen molar-refractivity contribution in [2.75, 3.05) is 20.0 Å². The molecule has 0 unspecified atom stereocenters. The first-order valence-electron chi connectivity index (χ1n) is 7.32. The molecule has 0 fully saturated rings. The maximum Gasteiger partial charge on any atom is 0.230 e. The predicted octanol–water partition coefficient (Wildman–Crippen LogP) is 3.25. The number of hydrogen-bond acceptors (Lipinski definition) is 4. The number of rotatable bonds is 8. The number of hydrogen-bond donors (Lipinski definition) is 1. The highest BCUT2D eigenvalue weighted by molar-refractivity contribution is 7.99. The fourth-order valence-electron chi connectivity index (χ4n) is 2.08. The maximum atomic E-state index is 11.9. The molecular formula is C18H21NO3S. The Bertz CT molecular complexity index is 631. The largest absolute Gasteiger partial charge is 0.493 e. The second-order valence-corrected chi connectivity index (χ2v) is 5.93. The third-order valence-electron chi connectivity index (χ3n) is 3.28. The van der Waals surface area contributed by atoms with Gasteiger partial charge in [0.05, 0.1) is 20.0 Å². The lowest BCUT2D eigenvalue weighted by molar-refractivity contribution is -0.118. The van der Waals surface area contributed by atoms with Crippen LogP contribution < -0.4 is 14.8 Å². The summed E-state index contributed by atoms with van der Waals surface area (Å²) in [6.07, 6.45) is 0. The second kappa shape index (κ2) is 9.10. The van der Waals surface area contributed by atoms with Crippen molar-refractivity contribution in [2.24, 2.45) is 0 Å². The van der Waals surface area contributed by atoms with E-state index in [1.165, 1.54) is 5.56 Å². The van der Waals surface area contributed by atoms with Crippen LogP contribution in [0.3, 0.4) is 0 Å². The van der Waals surface area contributed by atoms with Crippen LogP contribution in [0, 0.1) is 0 Å². The molecule has 5 heteroatoms. The van der Waals surface area contributed by atoms with Crippen LogP contribution in [0.25, 0.3) is 0 Å². The number of nitrogens with one attached hydrogen (secondary N) is 1. The van der Waals surface area contributed by atoms with Crippen molar-refractivity contribution in [3.8, 4) is 11.5 Å². The number of methoxy groups -OCH3 is 2. The zero-order valence-corrected chi connectivity index (χ0v) is 14.2. The van der Waals surface area contributed by atoms with Crippen LogP contribution in [0.1, 0.15) is 11.1 Å². The molecular weight excluding hydrogens is 310 g/mol. The lowest BCUT2D eigenvalue weighted by Gasteiger charge is -2.10. The van der Waals surface area contributed by atoms with Crippen molar-refractivity contribution in [1.29, 1.82) is 0 Å². The molecule has 2 rings (SSSR count). The highest BCUT2D eigenvalue weighted by Gasteiger charge is 2.06. The minimum atomic E-state index is 0.0284. The average Bonchev–Trinajstić information content (AvgIpc) is 2.60. The van der Waals surface area contributed by atoms with Crippen molar-refractivity contribution in [1.82, 2.24) is 5.32 Å². The Morgan fingerprint density at radius 2 is 1.74 bits per heavy atom. The molecule has 0 aliphatic heterocycles. The summed E-state index contributed by atoms with van der Waals surface area (Å²) < 4.78 is 10.5. The van der Waals surface area contributed by atoms with Crippen molar-refractivity contribution < 1.29 is 14.3 Å². The molecule has 0 spiro atoms. The van der Waals surface area contributed by atoms with E-state index in [4.69, 9.17) is 9.47 Å². The zero-order chi connectivity index (χ0) is 16.5. The van der Waals surface area contributed by atoms with Gasteiger partial charge in [0.25, 0.3) is 0 Å². The smallest absolute Gasteiger partial charge is 0.230 e. The van der Waals surface area contributed by atoms with Crippen LogP contribution in [-0.2, 0) is 17.1 Å². The summed E-state index contributed by atoms with van der Waals surface area (Å²) in [7, 11) is 3.20. The zero-order valence-electron chi connectivity index (χ0n) is 13.4. The lowest BCUT2D eigenvalue weighted by Crippen LogP contribution is -2.24. The van der Waals surface area contributed by atoms with Gasteiger partial charge in [0.1, 0.15) is 0 Å². The third-order valence-corrected chi connectivity index (χ3v) is 4.29. The summed E-state index contributed by atoms with van der Waals surface area (Å²) in [6, 6.07) is 15.8. The average molecular weight is 331 g/mol. The summed E-state index contributed by atoms with van der Waals surface area (Å²) in [4.78, 5) is 11.9. The molecule has 23 heavy (non-hydrogen) atoms. The summed E-state index contributed by atoms with van der Waals surface area (Å²) >= 11 is 1.61. The van der Waals surface area contributed by atoms with Gasteiger partial charge in [-0.25, -0.2) is 0 Å². The summed E-state index contributed by atoms with van der Waals surface area (Å²) in [6.45, 7) is 0.477. The van der Waals surface area contributed by atoms with Gasteiger partial charge in [-0.05, 0) is 23.3 Å². The van der Waals surface area contributed by atoms with Gasteiger partial charge >= 0.3 is 0 Å². The van der Waals surface area contributed by atoms with Gasteiger partial charge in [-0.2, -0.15) is 0 Å². The van der Waals surface area contributed by atoms with Gasteiger partial charge in [-0.1, -0.05) is 36.4 Å². The minimum absolute atomic E-state index is 0.0284. The predicted molar refractivity (Wildman–Crippen MR) is 94.0 cm³/mol. The van der Waals surface area contributed by atoms with Crippen LogP contribution in [0.2, 0.25) is 0 Å². The molecule has 0 radical (unpaired) electrons. The van der Waals surface area contributed by atoms with E-state index in [1.807, 2.05) is 36.4 Å². The molecule has 0 bridgehead atoms. The molecule has 2 aromatic rings. The minimum Gasteiger partial charge on any atom is -0.493 e. The monoisotopic (exact) mass is 331 g/mol. The van der Waals surface area contributed by atoms with Gasteiger partial charge in [-0.3, -0.25) is 4.79 Å². The van der Waals surface area contributed by atoms with Crippen LogP contribution in [0.5, 0.6) is 11.5 Å². The fourth-order valence-corrected chi connectivity index (χ4v) is 2.90. The lowest BCUT2D eigenvalue weighted by atomic mass is 10.2. The van der Waals surface area contributed by atoms with Crippen molar-refractivity contribution in [3.05, 3.63) is 59.7 Å². The molecule has 1 amide bonds. The number of benzene rings is 2. The van der Waals surface area contributed by atoms with Gasteiger partial charge in [0.2, 0.25) is 5.91 Å². The van der Waals surface area contributed by atoms with Crippen LogP contribution in [0.15, 0.2) is 48.5 Å².